The third kappa shape index (κ3) is 3.30. The highest BCUT2D eigenvalue weighted by Gasteiger charge is 2.16. The highest BCUT2D eigenvalue weighted by Crippen LogP contribution is 2.27. The number of benzene rings is 2. The van der Waals surface area contributed by atoms with Crippen molar-refractivity contribution in [1.29, 1.82) is 0 Å². The molecule has 3 aromatic rings. The lowest BCUT2D eigenvalue weighted by Gasteiger charge is -2.11. The first-order chi connectivity index (χ1) is 11.0. The van der Waals surface area contributed by atoms with E-state index in [9.17, 15) is 12.8 Å². The topological polar surface area (TPSA) is 89.8 Å². The summed E-state index contributed by atoms with van der Waals surface area (Å²) in [5, 5.41) is 10.9. The summed E-state index contributed by atoms with van der Waals surface area (Å²) in [5.74, 6) is -0.525. The maximum atomic E-state index is 12.9. The second-order valence-electron chi connectivity index (χ2n) is 4.48. The Morgan fingerprint density at radius 1 is 1.13 bits per heavy atom. The summed E-state index contributed by atoms with van der Waals surface area (Å²) in [7, 11) is -3.90. The van der Waals surface area contributed by atoms with E-state index in [1.165, 1.54) is 23.1 Å². The van der Waals surface area contributed by atoms with Crippen LogP contribution in [0.2, 0.25) is 5.02 Å². The molecule has 1 N–H and O–H groups in total. The maximum Gasteiger partial charge on any atom is 0.261 e. The monoisotopic (exact) mass is 353 g/mol. The summed E-state index contributed by atoms with van der Waals surface area (Å²) in [6.45, 7) is 0. The van der Waals surface area contributed by atoms with Crippen LogP contribution in [0.1, 0.15) is 0 Å². The molecule has 0 amide bonds. The van der Waals surface area contributed by atoms with E-state index < -0.39 is 15.8 Å². The molecule has 0 aliphatic rings. The quantitative estimate of drug-likeness (QED) is 0.777. The lowest BCUT2D eigenvalue weighted by Crippen LogP contribution is -2.13. The van der Waals surface area contributed by atoms with Gasteiger partial charge in [-0.1, -0.05) is 11.6 Å². The lowest BCUT2D eigenvalue weighted by atomic mass is 10.3. The Morgan fingerprint density at radius 2 is 1.87 bits per heavy atom. The molecular formula is C13H9ClFN5O2S. The van der Waals surface area contributed by atoms with Crippen molar-refractivity contribution >= 4 is 27.3 Å². The Balaban J connectivity index is 1.96. The lowest BCUT2D eigenvalue weighted by molar-refractivity contribution is 0.599. The van der Waals surface area contributed by atoms with E-state index in [0.717, 1.165) is 24.3 Å². The van der Waals surface area contributed by atoms with Crippen molar-refractivity contribution in [3.05, 3.63) is 59.6 Å². The molecule has 0 saturated carbocycles. The van der Waals surface area contributed by atoms with E-state index in [1.54, 1.807) is 6.07 Å². The summed E-state index contributed by atoms with van der Waals surface area (Å²) in [6.07, 6.45) is 1.36. The second-order valence-corrected chi connectivity index (χ2v) is 6.57. The smallest absolute Gasteiger partial charge is 0.261 e. The van der Waals surface area contributed by atoms with Gasteiger partial charge in [-0.2, -0.15) is 0 Å². The van der Waals surface area contributed by atoms with Gasteiger partial charge in [-0.05, 0) is 52.9 Å². The van der Waals surface area contributed by atoms with Crippen LogP contribution in [0.5, 0.6) is 0 Å². The predicted octanol–water partition coefficient (Wildman–Crippen LogP) is 2.26. The molecule has 0 spiro atoms. The number of hydrogen-bond donors (Lipinski definition) is 1. The zero-order valence-electron chi connectivity index (χ0n) is 11.4. The molecule has 0 fully saturated rings. The van der Waals surface area contributed by atoms with E-state index in [0.29, 0.717) is 5.69 Å². The van der Waals surface area contributed by atoms with Crippen LogP contribution in [0.4, 0.5) is 10.1 Å². The summed E-state index contributed by atoms with van der Waals surface area (Å²) < 4.78 is 41.3. The molecule has 7 nitrogen and oxygen atoms in total. The molecule has 0 bridgehead atoms. The Hall–Kier alpha value is -2.52. The van der Waals surface area contributed by atoms with Gasteiger partial charge in [0.2, 0.25) is 0 Å². The van der Waals surface area contributed by atoms with Crippen molar-refractivity contribution in [2.24, 2.45) is 0 Å². The number of aromatic nitrogens is 4. The van der Waals surface area contributed by atoms with Crippen molar-refractivity contribution in [1.82, 2.24) is 20.2 Å². The summed E-state index contributed by atoms with van der Waals surface area (Å²) in [5.41, 5.74) is 0.681. The molecule has 10 heteroatoms. The van der Waals surface area contributed by atoms with Crippen molar-refractivity contribution in [3.63, 3.8) is 0 Å². The molecule has 2 aromatic carbocycles. The fourth-order valence-electron chi connectivity index (χ4n) is 1.83. The first-order valence-electron chi connectivity index (χ1n) is 6.27. The fourth-order valence-corrected chi connectivity index (χ4v) is 3.12. The van der Waals surface area contributed by atoms with E-state index in [1.807, 2.05) is 0 Å². The third-order valence-electron chi connectivity index (χ3n) is 2.93. The van der Waals surface area contributed by atoms with Gasteiger partial charge in [0, 0.05) is 0 Å². The highest BCUT2D eigenvalue weighted by molar-refractivity contribution is 7.92. The van der Waals surface area contributed by atoms with E-state index in [2.05, 4.69) is 20.2 Å². The Kier molecular flexibility index (Phi) is 3.97. The van der Waals surface area contributed by atoms with Gasteiger partial charge >= 0.3 is 0 Å². The number of hydrogen-bond acceptors (Lipinski definition) is 5. The van der Waals surface area contributed by atoms with Crippen molar-refractivity contribution in [2.45, 2.75) is 4.90 Å². The Morgan fingerprint density at radius 3 is 2.52 bits per heavy atom. The molecule has 1 heterocycles. The second kappa shape index (κ2) is 5.94. The van der Waals surface area contributed by atoms with Crippen LogP contribution >= 0.6 is 11.6 Å². The average Bonchev–Trinajstić information content (AvgIpc) is 3.04. The molecule has 0 aliphatic heterocycles. The molecule has 0 radical (unpaired) electrons. The number of nitrogens with one attached hydrogen (secondary N) is 1. The molecule has 0 atom stereocenters. The van der Waals surface area contributed by atoms with Crippen LogP contribution in [0.15, 0.2) is 53.7 Å². The normalized spacial score (nSPS) is 11.4. The summed E-state index contributed by atoms with van der Waals surface area (Å²) in [4.78, 5) is -0.0807. The molecule has 3 rings (SSSR count). The van der Waals surface area contributed by atoms with Gasteiger partial charge < -0.3 is 0 Å². The van der Waals surface area contributed by atoms with Crippen LogP contribution in [-0.2, 0) is 10.0 Å². The van der Waals surface area contributed by atoms with E-state index >= 15 is 0 Å². The highest BCUT2D eigenvalue weighted by atomic mass is 35.5. The first-order valence-corrected chi connectivity index (χ1v) is 8.13. The minimum atomic E-state index is -3.90. The van der Waals surface area contributed by atoms with Gasteiger partial charge in [-0.3, -0.25) is 4.72 Å². The number of sulfonamides is 1. The van der Waals surface area contributed by atoms with E-state index in [-0.39, 0.29) is 15.6 Å². The summed E-state index contributed by atoms with van der Waals surface area (Å²) in [6, 6.07) is 9.09. The Labute approximate surface area is 135 Å². The minimum Gasteiger partial charge on any atom is -0.278 e. The summed E-state index contributed by atoms with van der Waals surface area (Å²) >= 11 is 6.03. The van der Waals surface area contributed by atoms with Crippen LogP contribution < -0.4 is 4.72 Å². The maximum absolute atomic E-state index is 12.9. The van der Waals surface area contributed by atoms with Gasteiger partial charge in [0.15, 0.2) is 0 Å². The molecule has 0 aliphatic carbocycles. The number of rotatable bonds is 4. The number of halogens is 2. The van der Waals surface area contributed by atoms with Gasteiger partial charge in [-0.25, -0.2) is 17.5 Å². The van der Waals surface area contributed by atoms with Crippen molar-refractivity contribution in [3.8, 4) is 5.69 Å². The number of nitrogens with zero attached hydrogens (tertiary/aromatic N) is 4. The largest absolute Gasteiger partial charge is 0.278 e. The van der Waals surface area contributed by atoms with Gasteiger partial charge in [0.25, 0.3) is 10.0 Å². The molecule has 23 heavy (non-hydrogen) atoms. The van der Waals surface area contributed by atoms with E-state index in [4.69, 9.17) is 11.6 Å². The number of tetrazole rings is 1. The molecule has 0 saturated heterocycles. The predicted molar refractivity (Wildman–Crippen MR) is 81.4 cm³/mol. The SMILES string of the molecule is O=S(=O)(Nc1cc(-n2cnnn2)ccc1Cl)c1ccc(F)cc1. The zero-order chi connectivity index (χ0) is 16.4. The third-order valence-corrected chi connectivity index (χ3v) is 4.64. The molecule has 1 aromatic heterocycles. The van der Waals surface area contributed by atoms with Crippen LogP contribution in [0.3, 0.4) is 0 Å². The van der Waals surface area contributed by atoms with Gasteiger partial charge in [-0.15, -0.1) is 5.10 Å². The standard InChI is InChI=1S/C13H9ClFN5O2S/c14-12-6-3-10(20-8-16-18-19-20)7-13(12)17-23(21,22)11-4-1-9(15)2-5-11/h1-8,17H. The first kappa shape index (κ1) is 15.4. The Bertz CT molecular complexity index is 930. The van der Waals surface area contributed by atoms with Crippen molar-refractivity contribution in [2.75, 3.05) is 4.72 Å². The number of anilines is 1. The molecular weight excluding hydrogens is 345 g/mol. The van der Waals surface area contributed by atoms with Crippen molar-refractivity contribution < 1.29 is 12.8 Å². The minimum absolute atomic E-state index is 0.0807. The zero-order valence-corrected chi connectivity index (χ0v) is 13.0. The average molecular weight is 354 g/mol. The van der Waals surface area contributed by atoms with Crippen LogP contribution in [0, 0.1) is 5.82 Å². The molecule has 0 unspecified atom stereocenters. The van der Waals surface area contributed by atoms with Gasteiger partial charge in [0.1, 0.15) is 12.1 Å². The van der Waals surface area contributed by atoms with Crippen LogP contribution in [0.25, 0.3) is 5.69 Å². The molecule has 118 valence electrons. The fraction of sp³-hybridized carbons (Fsp3) is 0. The van der Waals surface area contributed by atoms with Gasteiger partial charge in [0.05, 0.1) is 21.3 Å². The van der Waals surface area contributed by atoms with Crippen LogP contribution in [-0.4, -0.2) is 28.6 Å².